The second kappa shape index (κ2) is 5.14. The van der Waals surface area contributed by atoms with Gasteiger partial charge >= 0.3 is 5.97 Å². The molecule has 0 spiro atoms. The fraction of sp³-hybridized carbons (Fsp3) is 0.111. The summed E-state index contributed by atoms with van der Waals surface area (Å²) in [6.07, 6.45) is 0.637. The first-order chi connectivity index (χ1) is 7.04. The molecule has 1 aromatic carbocycles. The molecule has 0 atom stereocenters. The zero-order valence-electron chi connectivity index (χ0n) is 7.37. The fourth-order valence-electron chi connectivity index (χ4n) is 0.919. The number of hydrogen-bond donors (Lipinski definition) is 1. The number of carboxylic acids is 1. The molecule has 1 N–H and O–H groups in total. The Morgan fingerprint density at radius 3 is 2.73 bits per heavy atom. The summed E-state index contributed by atoms with van der Waals surface area (Å²) in [6.45, 7) is -0.487. The van der Waals surface area contributed by atoms with E-state index in [0.717, 1.165) is 0 Å². The number of ether oxygens (including phenoxy) is 1. The van der Waals surface area contributed by atoms with Crippen molar-refractivity contribution in [2.24, 2.45) is 0 Å². The smallest absolute Gasteiger partial charge is 0.341 e. The molecule has 0 saturated carbocycles. The van der Waals surface area contributed by atoms with Gasteiger partial charge in [0.2, 0.25) is 0 Å². The molecule has 0 heterocycles. The highest BCUT2D eigenvalue weighted by Crippen LogP contribution is 2.33. The third-order valence-corrected chi connectivity index (χ3v) is 2.37. The van der Waals surface area contributed by atoms with Crippen molar-refractivity contribution in [3.63, 3.8) is 0 Å². The third-order valence-electron chi connectivity index (χ3n) is 1.50. The highest BCUT2D eigenvalue weighted by molar-refractivity contribution is 9.10. The summed E-state index contributed by atoms with van der Waals surface area (Å²) in [5, 5.41) is 8.61. The van der Waals surface area contributed by atoms with E-state index in [0.29, 0.717) is 16.3 Å². The fourth-order valence-corrected chi connectivity index (χ4v) is 1.91. The van der Waals surface area contributed by atoms with E-state index < -0.39 is 12.6 Å². The van der Waals surface area contributed by atoms with Crippen LogP contribution in [0.15, 0.2) is 16.6 Å². The van der Waals surface area contributed by atoms with Crippen molar-refractivity contribution in [3.8, 4) is 5.75 Å². The number of carbonyl (C=O) groups is 2. The second-order valence-electron chi connectivity index (χ2n) is 2.61. The largest absolute Gasteiger partial charge is 0.479 e. The van der Waals surface area contributed by atoms with Gasteiger partial charge in [-0.1, -0.05) is 11.6 Å². The van der Waals surface area contributed by atoms with Crippen molar-refractivity contribution in [1.29, 1.82) is 0 Å². The van der Waals surface area contributed by atoms with Crippen LogP contribution in [0.1, 0.15) is 10.4 Å². The van der Waals surface area contributed by atoms with E-state index in [4.69, 9.17) is 21.4 Å². The standard InChI is InChI=1S/C9H6BrClO4/c10-6-1-5(3-12)2-7(11)9(6)15-4-8(13)14/h1-3H,4H2,(H,13,14). The molecule has 6 heteroatoms. The van der Waals surface area contributed by atoms with Crippen molar-refractivity contribution in [1.82, 2.24) is 0 Å². The van der Waals surface area contributed by atoms with Gasteiger partial charge < -0.3 is 9.84 Å². The lowest BCUT2D eigenvalue weighted by Gasteiger charge is -2.08. The predicted octanol–water partition coefficient (Wildman–Crippen LogP) is 2.38. The molecule has 1 rings (SSSR count). The quantitative estimate of drug-likeness (QED) is 0.866. The first-order valence-corrected chi connectivity index (χ1v) is 5.00. The summed E-state index contributed by atoms with van der Waals surface area (Å²) in [5.74, 6) is -0.887. The number of rotatable bonds is 4. The highest BCUT2D eigenvalue weighted by Gasteiger charge is 2.10. The monoisotopic (exact) mass is 292 g/mol. The van der Waals surface area contributed by atoms with Gasteiger partial charge in [-0.25, -0.2) is 4.79 Å². The number of carbonyl (C=O) groups excluding carboxylic acids is 1. The van der Waals surface area contributed by atoms with E-state index in [-0.39, 0.29) is 10.8 Å². The van der Waals surface area contributed by atoms with Crippen LogP contribution >= 0.6 is 27.5 Å². The zero-order chi connectivity index (χ0) is 11.4. The van der Waals surface area contributed by atoms with Gasteiger partial charge in [-0.2, -0.15) is 0 Å². The van der Waals surface area contributed by atoms with Crippen molar-refractivity contribution in [2.75, 3.05) is 6.61 Å². The lowest BCUT2D eigenvalue weighted by Crippen LogP contribution is -2.10. The highest BCUT2D eigenvalue weighted by atomic mass is 79.9. The van der Waals surface area contributed by atoms with Gasteiger partial charge in [0.1, 0.15) is 6.29 Å². The molecule has 0 aliphatic carbocycles. The molecular weight excluding hydrogens is 287 g/mol. The SMILES string of the molecule is O=Cc1cc(Cl)c(OCC(=O)O)c(Br)c1. The van der Waals surface area contributed by atoms with Crippen LogP contribution in [0.2, 0.25) is 5.02 Å². The number of halogens is 2. The summed E-state index contributed by atoms with van der Waals surface area (Å²) in [6, 6.07) is 2.90. The van der Waals surface area contributed by atoms with E-state index >= 15 is 0 Å². The van der Waals surface area contributed by atoms with Crippen LogP contribution in [0.5, 0.6) is 5.75 Å². The first-order valence-electron chi connectivity index (χ1n) is 3.83. The molecule has 1 aromatic rings. The number of benzene rings is 1. The number of aliphatic carboxylic acids is 1. The van der Waals surface area contributed by atoms with Crippen molar-refractivity contribution in [3.05, 3.63) is 27.2 Å². The Kier molecular flexibility index (Phi) is 4.11. The number of hydrogen-bond acceptors (Lipinski definition) is 3. The lowest BCUT2D eigenvalue weighted by atomic mass is 10.2. The molecule has 0 saturated heterocycles. The molecule has 0 aromatic heterocycles. The lowest BCUT2D eigenvalue weighted by molar-refractivity contribution is -0.139. The summed E-state index contributed by atoms with van der Waals surface area (Å²) in [4.78, 5) is 20.8. The summed E-state index contributed by atoms with van der Waals surface area (Å²) < 4.78 is 5.38. The maximum absolute atomic E-state index is 10.5. The maximum Gasteiger partial charge on any atom is 0.341 e. The van der Waals surface area contributed by atoms with Crippen LogP contribution in [0, 0.1) is 0 Å². The third kappa shape index (κ3) is 3.21. The molecule has 0 aliphatic rings. The summed E-state index contributed by atoms with van der Waals surface area (Å²) in [5.41, 5.74) is 0.384. The van der Waals surface area contributed by atoms with Gasteiger partial charge in [0.05, 0.1) is 9.50 Å². The number of aldehydes is 1. The van der Waals surface area contributed by atoms with Gasteiger partial charge in [-0.15, -0.1) is 0 Å². The molecule has 0 fully saturated rings. The Hall–Kier alpha value is -1.07. The van der Waals surface area contributed by atoms with Gasteiger partial charge in [0.25, 0.3) is 0 Å². The Balaban J connectivity index is 2.97. The van der Waals surface area contributed by atoms with Crippen LogP contribution in [-0.4, -0.2) is 24.0 Å². The van der Waals surface area contributed by atoms with E-state index in [1.807, 2.05) is 0 Å². The van der Waals surface area contributed by atoms with E-state index in [1.54, 1.807) is 0 Å². The van der Waals surface area contributed by atoms with Crippen LogP contribution in [0.25, 0.3) is 0 Å². The van der Waals surface area contributed by atoms with Gasteiger partial charge in [-0.05, 0) is 28.1 Å². The van der Waals surface area contributed by atoms with E-state index in [9.17, 15) is 9.59 Å². The molecule has 0 unspecified atom stereocenters. The van der Waals surface area contributed by atoms with Crippen LogP contribution < -0.4 is 4.74 Å². The van der Waals surface area contributed by atoms with E-state index in [2.05, 4.69) is 15.9 Å². The minimum Gasteiger partial charge on any atom is -0.479 e. The molecule has 15 heavy (non-hydrogen) atoms. The predicted molar refractivity (Wildman–Crippen MR) is 57.7 cm³/mol. The number of carboxylic acid groups (broad SMARTS) is 1. The molecular formula is C9H6BrClO4. The average Bonchev–Trinajstić information content (AvgIpc) is 2.15. The zero-order valence-corrected chi connectivity index (χ0v) is 9.71. The first kappa shape index (κ1) is 12.0. The van der Waals surface area contributed by atoms with Gasteiger partial charge in [0.15, 0.2) is 12.4 Å². The summed E-state index contributed by atoms with van der Waals surface area (Å²) >= 11 is 8.92. The Bertz CT molecular complexity index is 382. The second-order valence-corrected chi connectivity index (χ2v) is 3.88. The van der Waals surface area contributed by atoms with Crippen LogP contribution in [-0.2, 0) is 4.79 Å². The maximum atomic E-state index is 10.5. The minimum absolute atomic E-state index is 0.188. The van der Waals surface area contributed by atoms with Crippen molar-refractivity contribution in [2.45, 2.75) is 0 Å². The van der Waals surface area contributed by atoms with Gasteiger partial charge in [0, 0.05) is 5.56 Å². The van der Waals surface area contributed by atoms with Crippen LogP contribution in [0.3, 0.4) is 0 Å². The Labute approximate surface area is 98.9 Å². The molecule has 0 radical (unpaired) electrons. The Morgan fingerprint density at radius 2 is 2.27 bits per heavy atom. The van der Waals surface area contributed by atoms with Crippen molar-refractivity contribution < 1.29 is 19.4 Å². The normalized spacial score (nSPS) is 9.73. The molecule has 0 amide bonds. The minimum atomic E-state index is -1.10. The molecule has 0 aliphatic heterocycles. The van der Waals surface area contributed by atoms with Crippen LogP contribution in [0.4, 0.5) is 0 Å². The van der Waals surface area contributed by atoms with E-state index in [1.165, 1.54) is 12.1 Å². The topological polar surface area (TPSA) is 63.6 Å². The Morgan fingerprint density at radius 1 is 1.60 bits per heavy atom. The molecule has 0 bridgehead atoms. The molecule has 80 valence electrons. The average molecular weight is 294 g/mol. The molecule has 4 nitrogen and oxygen atoms in total. The van der Waals surface area contributed by atoms with Crippen molar-refractivity contribution >= 4 is 39.8 Å². The summed E-state index contributed by atoms with van der Waals surface area (Å²) in [7, 11) is 0. The van der Waals surface area contributed by atoms with Gasteiger partial charge in [-0.3, -0.25) is 4.79 Å².